The number of benzene rings is 1. The van der Waals surface area contributed by atoms with Crippen LogP contribution in [-0.2, 0) is 37.4 Å². The van der Waals surface area contributed by atoms with E-state index < -0.39 is 0 Å². The van der Waals surface area contributed by atoms with Crippen LogP contribution in [0.5, 0.6) is 0 Å². The van der Waals surface area contributed by atoms with E-state index in [-0.39, 0.29) is 6.04 Å². The minimum absolute atomic E-state index is 0.274. The average molecular weight is 386 g/mol. The zero-order valence-electron chi connectivity index (χ0n) is 17.3. The Hall–Kier alpha value is -2.45. The standard InChI is InChI=1S/C20H31N7O/c1-21-20(22-11-15-6-5-7-16(10-15)12-26(2)3)23-17-8-9-19-24-18(14-28-4)25-27(19)13-17/h5-7,10,17H,8-9,11-14H2,1-4H3,(H2,21,22,23). The maximum absolute atomic E-state index is 5.13. The topological polar surface area (TPSA) is 79.6 Å². The number of aryl methyl sites for hydroxylation is 1. The second-order valence-electron chi connectivity index (χ2n) is 7.42. The summed E-state index contributed by atoms with van der Waals surface area (Å²) in [5.74, 6) is 2.59. The molecule has 0 spiro atoms. The van der Waals surface area contributed by atoms with E-state index in [0.29, 0.717) is 6.61 Å². The summed E-state index contributed by atoms with van der Waals surface area (Å²) in [5, 5.41) is 11.5. The monoisotopic (exact) mass is 385 g/mol. The van der Waals surface area contributed by atoms with Crippen LogP contribution in [0.1, 0.15) is 29.2 Å². The Morgan fingerprint density at radius 2 is 2.18 bits per heavy atom. The minimum atomic E-state index is 0.274. The molecule has 1 unspecified atom stereocenters. The number of hydrogen-bond donors (Lipinski definition) is 2. The van der Waals surface area contributed by atoms with Gasteiger partial charge in [-0.1, -0.05) is 24.3 Å². The van der Waals surface area contributed by atoms with Gasteiger partial charge in [-0.25, -0.2) is 9.67 Å². The highest BCUT2D eigenvalue weighted by Crippen LogP contribution is 2.13. The predicted octanol–water partition coefficient (Wildman–Crippen LogP) is 1.17. The van der Waals surface area contributed by atoms with Crippen molar-refractivity contribution < 1.29 is 4.74 Å². The third-order valence-electron chi connectivity index (χ3n) is 4.69. The lowest BCUT2D eigenvalue weighted by atomic mass is 10.1. The van der Waals surface area contributed by atoms with Gasteiger partial charge in [-0.2, -0.15) is 5.10 Å². The molecule has 2 N–H and O–H groups in total. The molecule has 3 rings (SSSR count). The SMILES string of the molecule is CN=C(NCc1cccc(CN(C)C)c1)NC1CCc2nc(COC)nn2C1. The molecule has 2 aromatic rings. The molecule has 0 bridgehead atoms. The van der Waals surface area contributed by atoms with Crippen LogP contribution >= 0.6 is 0 Å². The number of hydrogen-bond acceptors (Lipinski definition) is 5. The van der Waals surface area contributed by atoms with Gasteiger partial charge in [0, 0.05) is 39.7 Å². The molecule has 152 valence electrons. The van der Waals surface area contributed by atoms with Crippen LogP contribution in [0.2, 0.25) is 0 Å². The van der Waals surface area contributed by atoms with Crippen molar-refractivity contribution in [2.75, 3.05) is 28.3 Å². The van der Waals surface area contributed by atoms with Gasteiger partial charge in [-0.3, -0.25) is 4.99 Å². The maximum Gasteiger partial charge on any atom is 0.191 e. The van der Waals surface area contributed by atoms with E-state index in [2.05, 4.69) is 69.0 Å². The number of nitrogens with one attached hydrogen (secondary N) is 2. The molecule has 1 aromatic heterocycles. The number of ether oxygens (including phenoxy) is 1. The molecular weight excluding hydrogens is 354 g/mol. The Morgan fingerprint density at radius 3 is 2.93 bits per heavy atom. The summed E-state index contributed by atoms with van der Waals surface area (Å²) < 4.78 is 7.11. The largest absolute Gasteiger partial charge is 0.377 e. The fourth-order valence-corrected chi connectivity index (χ4v) is 3.45. The van der Waals surface area contributed by atoms with E-state index in [1.807, 2.05) is 4.68 Å². The lowest BCUT2D eigenvalue weighted by Crippen LogP contribution is -2.46. The Kier molecular flexibility index (Phi) is 7.00. The van der Waals surface area contributed by atoms with Gasteiger partial charge in [-0.15, -0.1) is 0 Å². The molecule has 0 saturated carbocycles. The molecule has 0 fully saturated rings. The molecule has 1 aliphatic rings. The fourth-order valence-electron chi connectivity index (χ4n) is 3.45. The fraction of sp³-hybridized carbons (Fsp3) is 0.550. The van der Waals surface area contributed by atoms with Crippen molar-refractivity contribution in [2.45, 2.75) is 45.1 Å². The summed E-state index contributed by atoms with van der Waals surface area (Å²) in [7, 11) is 7.63. The predicted molar refractivity (Wildman–Crippen MR) is 110 cm³/mol. The van der Waals surface area contributed by atoms with Gasteiger partial charge in [0.2, 0.25) is 0 Å². The van der Waals surface area contributed by atoms with Crippen LogP contribution in [0.3, 0.4) is 0 Å². The van der Waals surface area contributed by atoms with Crippen LogP contribution < -0.4 is 10.6 Å². The van der Waals surface area contributed by atoms with Gasteiger partial charge >= 0.3 is 0 Å². The van der Waals surface area contributed by atoms with Gasteiger partial charge in [0.1, 0.15) is 12.4 Å². The molecule has 1 aromatic carbocycles. The summed E-state index contributed by atoms with van der Waals surface area (Å²) in [4.78, 5) is 11.1. The van der Waals surface area contributed by atoms with Crippen LogP contribution in [0.4, 0.5) is 0 Å². The third kappa shape index (κ3) is 5.53. The molecule has 2 heterocycles. The summed E-state index contributed by atoms with van der Waals surface area (Å²) in [6.45, 7) is 2.91. The summed E-state index contributed by atoms with van der Waals surface area (Å²) in [5.41, 5.74) is 2.55. The highest BCUT2D eigenvalue weighted by atomic mass is 16.5. The van der Waals surface area contributed by atoms with Gasteiger partial charge in [0.25, 0.3) is 0 Å². The van der Waals surface area contributed by atoms with Crippen LogP contribution in [0, 0.1) is 0 Å². The Morgan fingerprint density at radius 1 is 1.36 bits per heavy atom. The molecule has 0 aliphatic carbocycles. The highest BCUT2D eigenvalue weighted by molar-refractivity contribution is 5.79. The Labute approximate surface area is 167 Å². The zero-order valence-corrected chi connectivity index (χ0v) is 17.3. The van der Waals surface area contributed by atoms with E-state index >= 15 is 0 Å². The first-order valence-corrected chi connectivity index (χ1v) is 9.68. The second-order valence-corrected chi connectivity index (χ2v) is 7.42. The highest BCUT2D eigenvalue weighted by Gasteiger charge is 2.22. The van der Waals surface area contributed by atoms with E-state index in [4.69, 9.17) is 4.74 Å². The maximum atomic E-state index is 5.13. The zero-order chi connectivity index (χ0) is 19.9. The number of nitrogens with zero attached hydrogens (tertiary/aromatic N) is 5. The van der Waals surface area contributed by atoms with Crippen molar-refractivity contribution in [2.24, 2.45) is 4.99 Å². The van der Waals surface area contributed by atoms with Crippen molar-refractivity contribution in [3.05, 3.63) is 47.0 Å². The van der Waals surface area contributed by atoms with E-state index in [9.17, 15) is 0 Å². The summed E-state index contributed by atoms with van der Waals surface area (Å²) >= 11 is 0. The van der Waals surface area contributed by atoms with Crippen molar-refractivity contribution in [3.63, 3.8) is 0 Å². The molecule has 1 atom stereocenters. The van der Waals surface area contributed by atoms with E-state index in [1.54, 1.807) is 14.2 Å². The Bertz CT molecular complexity index is 800. The van der Waals surface area contributed by atoms with E-state index in [0.717, 1.165) is 50.1 Å². The molecule has 0 amide bonds. The van der Waals surface area contributed by atoms with Gasteiger partial charge in [0.15, 0.2) is 11.8 Å². The molecule has 0 radical (unpaired) electrons. The van der Waals surface area contributed by atoms with Crippen molar-refractivity contribution >= 4 is 5.96 Å². The second kappa shape index (κ2) is 9.66. The van der Waals surface area contributed by atoms with Crippen molar-refractivity contribution in [1.29, 1.82) is 0 Å². The number of guanidine groups is 1. The summed E-state index contributed by atoms with van der Waals surface area (Å²) in [6.07, 6.45) is 1.90. The molecule has 8 heteroatoms. The van der Waals surface area contributed by atoms with Gasteiger partial charge in [0.05, 0.1) is 6.54 Å². The minimum Gasteiger partial charge on any atom is -0.377 e. The number of fused-ring (bicyclic) bond motifs is 1. The number of rotatable bonds is 7. The quantitative estimate of drug-likeness (QED) is 0.550. The molecule has 0 saturated heterocycles. The lowest BCUT2D eigenvalue weighted by molar-refractivity contribution is 0.177. The van der Waals surface area contributed by atoms with Crippen molar-refractivity contribution in [1.82, 2.24) is 30.3 Å². The smallest absolute Gasteiger partial charge is 0.191 e. The van der Waals surface area contributed by atoms with Gasteiger partial charge in [-0.05, 0) is 31.6 Å². The first-order chi connectivity index (χ1) is 13.6. The van der Waals surface area contributed by atoms with Gasteiger partial charge < -0.3 is 20.3 Å². The average Bonchev–Trinajstić information content (AvgIpc) is 3.07. The normalized spacial score (nSPS) is 16.9. The molecular formula is C20H31N7O. The molecule has 8 nitrogen and oxygen atoms in total. The van der Waals surface area contributed by atoms with Crippen LogP contribution in [-0.4, -0.2) is 59.9 Å². The summed E-state index contributed by atoms with van der Waals surface area (Å²) in [6, 6.07) is 8.91. The lowest BCUT2D eigenvalue weighted by Gasteiger charge is -2.25. The molecule has 28 heavy (non-hydrogen) atoms. The number of aromatic nitrogens is 3. The third-order valence-corrected chi connectivity index (χ3v) is 4.69. The number of methoxy groups -OCH3 is 1. The van der Waals surface area contributed by atoms with Crippen LogP contribution in [0.25, 0.3) is 0 Å². The van der Waals surface area contributed by atoms with Crippen molar-refractivity contribution in [3.8, 4) is 0 Å². The Balaban J connectivity index is 1.53. The first kappa shape index (κ1) is 20.3. The molecule has 1 aliphatic heterocycles. The first-order valence-electron chi connectivity index (χ1n) is 9.68. The number of aliphatic imine (C=N–C) groups is 1. The van der Waals surface area contributed by atoms with Crippen LogP contribution in [0.15, 0.2) is 29.3 Å². The van der Waals surface area contributed by atoms with E-state index in [1.165, 1.54) is 11.1 Å².